The van der Waals surface area contributed by atoms with Gasteiger partial charge in [-0.1, -0.05) is 6.58 Å². The molecule has 0 N–H and O–H groups in total. The second-order valence-electron chi connectivity index (χ2n) is 3.86. The molecule has 0 saturated carbocycles. The van der Waals surface area contributed by atoms with E-state index in [1.165, 1.54) is 0 Å². The molecule has 0 spiro atoms. The molecule has 0 aliphatic heterocycles. The molecule has 0 aliphatic carbocycles. The maximum Gasteiger partial charge on any atom is 0.341 e. The van der Waals surface area contributed by atoms with Gasteiger partial charge in [0.15, 0.2) is 0 Å². The minimum absolute atomic E-state index is 0.213. The predicted octanol–water partition coefficient (Wildman–Crippen LogP) is 3.18. The van der Waals surface area contributed by atoms with Gasteiger partial charge in [0.05, 0.1) is 19.8 Å². The number of rotatable bonds is 11. The topological polar surface area (TPSA) is 44.8 Å². The van der Waals surface area contributed by atoms with Gasteiger partial charge in [-0.2, -0.15) is 0 Å². The SMILES string of the molecule is C=C(C)C(=O)OCCOCCOCCC[Si](Cl)(Cl)Cl. The van der Waals surface area contributed by atoms with Crippen LogP contribution in [0.1, 0.15) is 13.3 Å². The van der Waals surface area contributed by atoms with Crippen molar-refractivity contribution in [1.29, 1.82) is 0 Å². The first-order chi connectivity index (χ1) is 8.83. The molecule has 0 atom stereocenters. The zero-order valence-electron chi connectivity index (χ0n) is 10.9. The number of hydrogen-bond donors (Lipinski definition) is 0. The Morgan fingerprint density at radius 1 is 1.05 bits per heavy atom. The lowest BCUT2D eigenvalue weighted by molar-refractivity contribution is -0.140. The summed E-state index contributed by atoms with van der Waals surface area (Å²) in [6.07, 6.45) is 0.735. The predicted molar refractivity (Wildman–Crippen MR) is 80.1 cm³/mol. The van der Waals surface area contributed by atoms with E-state index >= 15 is 0 Å². The van der Waals surface area contributed by atoms with Gasteiger partial charge in [0.25, 0.3) is 0 Å². The van der Waals surface area contributed by atoms with Crippen LogP contribution in [0.3, 0.4) is 0 Å². The highest BCUT2D eigenvalue weighted by Gasteiger charge is 2.23. The fourth-order valence-corrected chi connectivity index (χ4v) is 2.76. The second kappa shape index (κ2) is 10.9. The Morgan fingerprint density at radius 2 is 1.58 bits per heavy atom. The monoisotopic (exact) mass is 348 g/mol. The molecule has 19 heavy (non-hydrogen) atoms. The average Bonchev–Trinajstić information content (AvgIpc) is 2.29. The average molecular weight is 350 g/mol. The maximum atomic E-state index is 11.0. The zero-order chi connectivity index (χ0) is 14.7. The van der Waals surface area contributed by atoms with Crippen molar-refractivity contribution in [2.24, 2.45) is 0 Å². The summed E-state index contributed by atoms with van der Waals surface area (Å²) in [7, 11) is 0. The van der Waals surface area contributed by atoms with Gasteiger partial charge in [-0.15, -0.1) is 33.2 Å². The second-order valence-corrected chi connectivity index (χ2v) is 13.1. The zero-order valence-corrected chi connectivity index (χ0v) is 14.2. The van der Waals surface area contributed by atoms with Crippen LogP contribution in [-0.2, 0) is 19.0 Å². The highest BCUT2D eigenvalue weighted by atomic mass is 35.8. The van der Waals surface area contributed by atoms with Crippen LogP contribution in [0.25, 0.3) is 0 Å². The standard InChI is InChI=1S/C11H19Cl3O4Si/c1-10(2)11(15)18-8-7-17-6-5-16-4-3-9-19(12,13)14/h1,3-9H2,2H3. The maximum absolute atomic E-state index is 11.0. The van der Waals surface area contributed by atoms with Crippen LogP contribution >= 0.6 is 33.2 Å². The molecule has 0 fully saturated rings. The summed E-state index contributed by atoms with van der Waals surface area (Å²) in [6.45, 7) is 7.07. The van der Waals surface area contributed by atoms with Crippen LogP contribution in [0, 0.1) is 0 Å². The number of carbonyl (C=O) groups excluding carboxylic acids is 1. The fraction of sp³-hybridized carbons (Fsp3) is 0.727. The number of halogens is 3. The van der Waals surface area contributed by atoms with Gasteiger partial charge in [-0.25, -0.2) is 4.79 Å². The van der Waals surface area contributed by atoms with E-state index in [2.05, 4.69) is 6.58 Å². The largest absolute Gasteiger partial charge is 0.460 e. The summed E-state index contributed by atoms with van der Waals surface area (Å²) in [5, 5.41) is 0. The van der Waals surface area contributed by atoms with E-state index in [4.69, 9.17) is 47.4 Å². The Morgan fingerprint density at radius 3 is 2.11 bits per heavy atom. The molecule has 0 amide bonds. The highest BCUT2D eigenvalue weighted by molar-refractivity contribution is 7.64. The molecule has 0 radical (unpaired) electrons. The molecule has 0 aliphatic rings. The molecule has 0 aromatic carbocycles. The quantitative estimate of drug-likeness (QED) is 0.189. The Bertz CT molecular complexity index is 282. The van der Waals surface area contributed by atoms with Gasteiger partial charge < -0.3 is 14.2 Å². The third-order valence-corrected chi connectivity index (χ3v) is 4.55. The lowest BCUT2D eigenvalue weighted by Gasteiger charge is -2.08. The van der Waals surface area contributed by atoms with Crippen molar-refractivity contribution in [3.8, 4) is 0 Å². The van der Waals surface area contributed by atoms with Gasteiger partial charge in [-0.05, 0) is 19.4 Å². The summed E-state index contributed by atoms with van der Waals surface area (Å²) in [5.74, 6) is -0.407. The van der Waals surface area contributed by atoms with Crippen LogP contribution in [-0.4, -0.2) is 45.0 Å². The molecule has 4 nitrogen and oxygen atoms in total. The van der Waals surface area contributed by atoms with Gasteiger partial charge in [0, 0.05) is 12.2 Å². The smallest absolute Gasteiger partial charge is 0.341 e. The third kappa shape index (κ3) is 14.4. The Balaban J connectivity index is 3.20. The lowest BCUT2D eigenvalue weighted by Crippen LogP contribution is -2.14. The van der Waals surface area contributed by atoms with E-state index in [9.17, 15) is 4.79 Å². The summed E-state index contributed by atoms with van der Waals surface area (Å²) in [4.78, 5) is 11.0. The van der Waals surface area contributed by atoms with Crippen LogP contribution in [0.4, 0.5) is 0 Å². The van der Waals surface area contributed by atoms with Crippen LogP contribution in [0.2, 0.25) is 6.04 Å². The van der Waals surface area contributed by atoms with Crippen molar-refractivity contribution in [2.45, 2.75) is 19.4 Å². The van der Waals surface area contributed by atoms with Crippen LogP contribution in [0.5, 0.6) is 0 Å². The summed E-state index contributed by atoms with van der Waals surface area (Å²) in [6, 6.07) is -1.92. The number of esters is 1. The minimum atomic E-state index is -2.51. The van der Waals surface area contributed by atoms with E-state index in [0.29, 0.717) is 38.0 Å². The molecule has 8 heteroatoms. The summed E-state index contributed by atoms with van der Waals surface area (Å²) >= 11 is 17.2. The molecular formula is C11H19Cl3O4Si. The van der Waals surface area contributed by atoms with E-state index < -0.39 is 12.0 Å². The molecule has 0 bridgehead atoms. The Hall–Kier alpha value is 0.217. The van der Waals surface area contributed by atoms with Crippen molar-refractivity contribution in [1.82, 2.24) is 0 Å². The molecule has 0 aromatic heterocycles. The Labute approximate surface area is 129 Å². The molecule has 0 saturated heterocycles. The van der Waals surface area contributed by atoms with E-state index in [1.54, 1.807) is 6.92 Å². The minimum Gasteiger partial charge on any atom is -0.460 e. The number of ether oxygens (including phenoxy) is 3. The highest BCUT2D eigenvalue weighted by Crippen LogP contribution is 2.26. The lowest BCUT2D eigenvalue weighted by atomic mass is 10.4. The van der Waals surface area contributed by atoms with Gasteiger partial charge in [0.1, 0.15) is 6.61 Å². The van der Waals surface area contributed by atoms with Crippen molar-refractivity contribution < 1.29 is 19.0 Å². The number of hydrogen-bond acceptors (Lipinski definition) is 4. The molecular weight excluding hydrogens is 331 g/mol. The fourth-order valence-electron chi connectivity index (χ4n) is 1.01. The van der Waals surface area contributed by atoms with Crippen LogP contribution in [0.15, 0.2) is 12.2 Å². The molecule has 0 rings (SSSR count). The Kier molecular flexibility index (Phi) is 11.1. The first kappa shape index (κ1) is 19.2. The number of carbonyl (C=O) groups is 1. The first-order valence-electron chi connectivity index (χ1n) is 5.88. The van der Waals surface area contributed by atoms with Crippen molar-refractivity contribution >= 4 is 45.2 Å². The molecule has 0 heterocycles. The van der Waals surface area contributed by atoms with E-state index in [1.807, 2.05) is 0 Å². The van der Waals surface area contributed by atoms with Crippen molar-refractivity contribution in [3.63, 3.8) is 0 Å². The van der Waals surface area contributed by atoms with E-state index in [-0.39, 0.29) is 6.61 Å². The summed E-state index contributed by atoms with van der Waals surface area (Å²) < 4.78 is 15.3. The van der Waals surface area contributed by atoms with Gasteiger partial charge in [0.2, 0.25) is 0 Å². The molecule has 0 aromatic rings. The molecule has 112 valence electrons. The van der Waals surface area contributed by atoms with Gasteiger partial charge in [-0.3, -0.25) is 0 Å². The van der Waals surface area contributed by atoms with Crippen molar-refractivity contribution in [2.75, 3.05) is 33.0 Å². The van der Waals surface area contributed by atoms with E-state index in [0.717, 1.165) is 6.42 Å². The van der Waals surface area contributed by atoms with Crippen LogP contribution < -0.4 is 0 Å². The summed E-state index contributed by atoms with van der Waals surface area (Å²) in [5.41, 5.74) is 0.376. The van der Waals surface area contributed by atoms with Gasteiger partial charge >= 0.3 is 12.0 Å². The third-order valence-electron chi connectivity index (χ3n) is 1.93. The first-order valence-corrected chi connectivity index (χ1v) is 11.1. The molecule has 0 unspecified atom stereocenters. The normalized spacial score (nSPS) is 11.4. The van der Waals surface area contributed by atoms with Crippen molar-refractivity contribution in [3.05, 3.63) is 12.2 Å².